The van der Waals surface area contributed by atoms with Crippen LogP contribution < -0.4 is 0 Å². The molecule has 0 heterocycles. The molecule has 2 N–H and O–H groups in total. The molecule has 152 valence electrons. The van der Waals surface area contributed by atoms with Crippen LogP contribution in [0.1, 0.15) is 70.8 Å². The van der Waals surface area contributed by atoms with E-state index >= 15 is 0 Å². The van der Waals surface area contributed by atoms with Gasteiger partial charge in [-0.15, -0.1) is 12.4 Å². The van der Waals surface area contributed by atoms with E-state index in [1.165, 1.54) is 19.3 Å². The molecule has 0 saturated carbocycles. The van der Waals surface area contributed by atoms with Gasteiger partial charge in [-0.1, -0.05) is 83.2 Å². The van der Waals surface area contributed by atoms with E-state index in [2.05, 4.69) is 25.7 Å². The monoisotopic (exact) mass is 387 g/mol. The molecule has 0 aliphatic carbocycles. The maximum atomic E-state index is 11.2. The molecule has 0 radical (unpaired) electrons. The van der Waals surface area contributed by atoms with Crippen LogP contribution in [-0.4, -0.2) is 47.3 Å². The molecule has 26 heavy (non-hydrogen) atoms. The maximum absolute atomic E-state index is 11.2. The number of hydrogen-bond acceptors (Lipinski definition) is 3. The van der Waals surface area contributed by atoms with Crippen LogP contribution in [0.25, 0.3) is 0 Å². The number of carboxylic acid groups (broad SMARTS) is 1. The average Bonchev–Trinajstić information content (AvgIpc) is 2.63. The summed E-state index contributed by atoms with van der Waals surface area (Å²) in [5, 5.41) is 17.7. The van der Waals surface area contributed by atoms with Gasteiger partial charge in [0.15, 0.2) is 0 Å². The number of carbonyl (C=O) groups is 1. The summed E-state index contributed by atoms with van der Waals surface area (Å²) < 4.78 is 0. The Bertz CT molecular complexity index is 425. The van der Waals surface area contributed by atoms with Gasteiger partial charge in [0.1, 0.15) is 0 Å². The second-order valence-electron chi connectivity index (χ2n) is 6.25. The highest BCUT2D eigenvalue weighted by atomic mass is 35.5. The fourth-order valence-electron chi connectivity index (χ4n) is 2.75. The number of carboxylic acids is 1. The minimum atomic E-state index is -0.702. The van der Waals surface area contributed by atoms with Crippen LogP contribution in [0.5, 0.6) is 0 Å². The van der Waals surface area contributed by atoms with E-state index in [9.17, 15) is 9.90 Å². The van der Waals surface area contributed by atoms with Crippen molar-refractivity contribution in [2.24, 2.45) is 0 Å². The predicted octanol–water partition coefficient (Wildman–Crippen LogP) is 4.96. The van der Waals surface area contributed by atoms with Crippen molar-refractivity contribution in [3.05, 3.63) is 35.9 Å². The molecule has 5 heteroatoms. The van der Waals surface area contributed by atoms with Crippen molar-refractivity contribution < 1.29 is 15.0 Å². The summed E-state index contributed by atoms with van der Waals surface area (Å²) >= 11 is 0. The molecule has 4 nitrogen and oxygen atoms in total. The highest BCUT2D eigenvalue weighted by Crippen LogP contribution is 2.22. The molecule has 0 spiro atoms. The van der Waals surface area contributed by atoms with Gasteiger partial charge in [0.2, 0.25) is 0 Å². The van der Waals surface area contributed by atoms with Gasteiger partial charge in [0.25, 0.3) is 0 Å². The summed E-state index contributed by atoms with van der Waals surface area (Å²) in [5.74, 6) is -1.04. The number of nitrogens with zero attached hydrogens (tertiary/aromatic N) is 1. The Morgan fingerprint density at radius 3 is 2.00 bits per heavy atom. The van der Waals surface area contributed by atoms with E-state index in [-0.39, 0.29) is 24.9 Å². The summed E-state index contributed by atoms with van der Waals surface area (Å²) in [6.45, 7) is 9.55. The molecular weight excluding hydrogens is 350 g/mol. The molecule has 0 aliphatic rings. The lowest BCUT2D eigenvalue weighted by Crippen LogP contribution is -2.25. The van der Waals surface area contributed by atoms with E-state index in [0.717, 1.165) is 44.5 Å². The molecule has 0 fully saturated rings. The molecule has 0 aliphatic heterocycles. The smallest absolute Gasteiger partial charge is 0.310 e. The van der Waals surface area contributed by atoms with Crippen molar-refractivity contribution in [1.82, 2.24) is 4.90 Å². The van der Waals surface area contributed by atoms with Crippen molar-refractivity contribution in [2.75, 3.05) is 26.2 Å². The number of halogens is 1. The fraction of sp³-hybridized carbons (Fsp3) is 0.667. The predicted molar refractivity (Wildman–Crippen MR) is 112 cm³/mol. The zero-order valence-corrected chi connectivity index (χ0v) is 17.5. The second-order valence-corrected chi connectivity index (χ2v) is 6.25. The second kappa shape index (κ2) is 18.7. The molecule has 1 aromatic carbocycles. The van der Waals surface area contributed by atoms with Crippen molar-refractivity contribution in [3.63, 3.8) is 0 Å². The number of aliphatic hydroxyl groups excluding tert-OH is 1. The molecule has 0 aromatic heterocycles. The number of benzene rings is 1. The zero-order valence-electron chi connectivity index (χ0n) is 16.7. The van der Waals surface area contributed by atoms with Crippen LogP contribution in [0, 0.1) is 0 Å². The highest BCUT2D eigenvalue weighted by molar-refractivity contribution is 5.85. The van der Waals surface area contributed by atoms with E-state index in [4.69, 9.17) is 5.11 Å². The summed E-state index contributed by atoms with van der Waals surface area (Å²) in [7, 11) is 0. The largest absolute Gasteiger partial charge is 0.481 e. The maximum Gasteiger partial charge on any atom is 0.310 e. The molecule has 1 atom stereocenters. The van der Waals surface area contributed by atoms with Crippen LogP contribution in [0.2, 0.25) is 0 Å². The van der Waals surface area contributed by atoms with Gasteiger partial charge in [-0.3, -0.25) is 4.79 Å². The van der Waals surface area contributed by atoms with Gasteiger partial charge in [0, 0.05) is 6.54 Å². The minimum Gasteiger partial charge on any atom is -0.481 e. The third kappa shape index (κ3) is 13.2. The van der Waals surface area contributed by atoms with Crippen molar-refractivity contribution in [1.29, 1.82) is 0 Å². The third-order valence-corrected chi connectivity index (χ3v) is 4.41. The van der Waals surface area contributed by atoms with E-state index < -0.39 is 5.97 Å². The van der Waals surface area contributed by atoms with Gasteiger partial charge in [0.05, 0.1) is 12.5 Å². The molecule has 1 rings (SSSR count). The first-order valence-corrected chi connectivity index (χ1v) is 9.71. The highest BCUT2D eigenvalue weighted by Gasteiger charge is 2.18. The third-order valence-electron chi connectivity index (χ3n) is 4.41. The van der Waals surface area contributed by atoms with Crippen molar-refractivity contribution in [2.45, 2.75) is 65.2 Å². The Labute approximate surface area is 166 Å². The number of aliphatic hydroxyl groups is 1. The standard InChI is InChI=1S/C15H22O2.C6H15NO.ClH/c1-2-3-4-5-9-12-14(15(16)17)13-10-7-6-8-11-13;1-3-7(4-2)5-6-8;/h6-8,10-11,14H,2-5,9,12H2,1H3,(H,16,17);8H,3-6H2,1-2H3;1H. The topological polar surface area (TPSA) is 60.8 Å². The molecular formula is C21H38ClNO3. The Balaban J connectivity index is 0. The van der Waals surface area contributed by atoms with Crippen LogP contribution in [0.4, 0.5) is 0 Å². The lowest BCUT2D eigenvalue weighted by atomic mass is 9.93. The number of rotatable bonds is 12. The summed E-state index contributed by atoms with van der Waals surface area (Å²) in [4.78, 5) is 13.4. The average molecular weight is 388 g/mol. The van der Waals surface area contributed by atoms with Gasteiger partial charge < -0.3 is 15.1 Å². The van der Waals surface area contributed by atoms with E-state index in [1.807, 2.05) is 30.3 Å². The lowest BCUT2D eigenvalue weighted by molar-refractivity contribution is -0.139. The Hall–Kier alpha value is -1.10. The first-order chi connectivity index (χ1) is 12.1. The number of hydrogen-bond donors (Lipinski definition) is 2. The first kappa shape index (κ1) is 27.1. The van der Waals surface area contributed by atoms with E-state index in [0.29, 0.717) is 0 Å². The van der Waals surface area contributed by atoms with Crippen LogP contribution in [-0.2, 0) is 4.79 Å². The van der Waals surface area contributed by atoms with Crippen molar-refractivity contribution in [3.8, 4) is 0 Å². The number of unbranched alkanes of at least 4 members (excludes halogenated alkanes) is 4. The first-order valence-electron chi connectivity index (χ1n) is 9.71. The van der Waals surface area contributed by atoms with Crippen LogP contribution >= 0.6 is 12.4 Å². The number of aliphatic carboxylic acids is 1. The Morgan fingerprint density at radius 2 is 1.58 bits per heavy atom. The number of likely N-dealkylation sites (N-methyl/N-ethyl adjacent to an activating group) is 1. The van der Waals surface area contributed by atoms with Crippen LogP contribution in [0.3, 0.4) is 0 Å². The SMILES string of the molecule is CCCCCCCC(C(=O)O)c1ccccc1.CCN(CC)CCO.Cl. The summed E-state index contributed by atoms with van der Waals surface area (Å²) in [5.41, 5.74) is 0.926. The van der Waals surface area contributed by atoms with E-state index in [1.54, 1.807) is 0 Å². The Kier molecular flexibility index (Phi) is 19.5. The van der Waals surface area contributed by atoms with Gasteiger partial charge in [-0.2, -0.15) is 0 Å². The van der Waals surface area contributed by atoms with Gasteiger partial charge in [-0.05, 0) is 25.1 Å². The van der Waals surface area contributed by atoms with Crippen LogP contribution in [0.15, 0.2) is 30.3 Å². The normalized spacial score (nSPS) is 11.3. The molecule has 0 bridgehead atoms. The summed E-state index contributed by atoms with van der Waals surface area (Å²) in [6, 6.07) is 9.55. The summed E-state index contributed by atoms with van der Waals surface area (Å²) in [6.07, 6.45) is 6.60. The molecule has 1 aromatic rings. The molecule has 1 unspecified atom stereocenters. The lowest BCUT2D eigenvalue weighted by Gasteiger charge is -2.15. The quantitative estimate of drug-likeness (QED) is 0.497. The zero-order chi connectivity index (χ0) is 18.9. The fourth-order valence-corrected chi connectivity index (χ4v) is 2.75. The van der Waals surface area contributed by atoms with Gasteiger partial charge >= 0.3 is 5.97 Å². The van der Waals surface area contributed by atoms with Gasteiger partial charge in [-0.25, -0.2) is 0 Å². The minimum absolute atomic E-state index is 0. The molecule has 0 saturated heterocycles. The molecule has 0 amide bonds. The van der Waals surface area contributed by atoms with Crippen molar-refractivity contribution >= 4 is 18.4 Å². The Morgan fingerprint density at radius 1 is 1.00 bits per heavy atom.